The van der Waals surface area contributed by atoms with Gasteiger partial charge in [-0.25, -0.2) is 0 Å². The Kier molecular flexibility index (Phi) is 7.25. The molecule has 0 radical (unpaired) electrons. The molecule has 2 nitrogen and oxygen atoms in total. The lowest BCUT2D eigenvalue weighted by atomic mass is 9.94. The molecule has 0 spiro atoms. The third kappa shape index (κ3) is 7.38. The lowest BCUT2D eigenvalue weighted by Crippen LogP contribution is -2.43. The third-order valence-electron chi connectivity index (χ3n) is 3.84. The van der Waals surface area contributed by atoms with Crippen molar-refractivity contribution in [1.29, 1.82) is 0 Å². The largest absolute Gasteiger partial charge is 0.375 e. The van der Waals surface area contributed by atoms with E-state index in [4.69, 9.17) is 4.74 Å². The second kappa shape index (κ2) is 8.16. The minimum Gasteiger partial charge on any atom is -0.375 e. The zero-order valence-corrected chi connectivity index (χ0v) is 12.9. The van der Waals surface area contributed by atoms with E-state index in [0.29, 0.717) is 6.04 Å². The van der Waals surface area contributed by atoms with Crippen LogP contribution in [0.5, 0.6) is 0 Å². The van der Waals surface area contributed by atoms with E-state index < -0.39 is 0 Å². The quantitative estimate of drug-likeness (QED) is 0.658. The molecule has 0 amide bonds. The van der Waals surface area contributed by atoms with Gasteiger partial charge in [0.1, 0.15) is 0 Å². The van der Waals surface area contributed by atoms with Crippen LogP contribution in [0.2, 0.25) is 0 Å². The molecular formula is C16H33NO. The third-order valence-corrected chi connectivity index (χ3v) is 3.84. The van der Waals surface area contributed by atoms with Gasteiger partial charge in [0.25, 0.3) is 0 Å². The van der Waals surface area contributed by atoms with E-state index in [0.717, 1.165) is 18.9 Å². The van der Waals surface area contributed by atoms with E-state index >= 15 is 0 Å². The van der Waals surface area contributed by atoms with Gasteiger partial charge in [0.15, 0.2) is 0 Å². The van der Waals surface area contributed by atoms with Gasteiger partial charge in [0.2, 0.25) is 0 Å². The summed E-state index contributed by atoms with van der Waals surface area (Å²) in [5.74, 6) is 0.868. The Morgan fingerprint density at radius 2 is 1.89 bits per heavy atom. The molecule has 1 atom stereocenters. The summed E-state index contributed by atoms with van der Waals surface area (Å²) in [6, 6.07) is 0.671. The number of hydrogen-bond acceptors (Lipinski definition) is 2. The number of unbranched alkanes of at least 4 members (excludes halogenated alkanes) is 3. The van der Waals surface area contributed by atoms with Crippen LogP contribution in [-0.4, -0.2) is 24.8 Å². The fourth-order valence-corrected chi connectivity index (χ4v) is 2.74. The van der Waals surface area contributed by atoms with Crippen LogP contribution in [0.25, 0.3) is 0 Å². The highest BCUT2D eigenvalue weighted by atomic mass is 16.5. The van der Waals surface area contributed by atoms with Gasteiger partial charge < -0.3 is 10.1 Å². The molecule has 2 heteroatoms. The maximum absolute atomic E-state index is 5.74. The van der Waals surface area contributed by atoms with Crippen molar-refractivity contribution in [3.8, 4) is 0 Å². The molecule has 108 valence electrons. The Labute approximate surface area is 114 Å². The molecule has 1 N–H and O–H groups in total. The van der Waals surface area contributed by atoms with Gasteiger partial charge in [-0.15, -0.1) is 0 Å². The molecule has 0 aromatic heterocycles. The van der Waals surface area contributed by atoms with Crippen LogP contribution in [0.4, 0.5) is 0 Å². The molecule has 1 fully saturated rings. The monoisotopic (exact) mass is 255 g/mol. The molecule has 1 rings (SSSR count). The first-order chi connectivity index (χ1) is 8.49. The van der Waals surface area contributed by atoms with Gasteiger partial charge in [-0.1, -0.05) is 39.5 Å². The molecule has 0 aromatic rings. The van der Waals surface area contributed by atoms with Crippen LogP contribution in [0.3, 0.4) is 0 Å². The van der Waals surface area contributed by atoms with Gasteiger partial charge in [-0.05, 0) is 45.6 Å². The first-order valence-corrected chi connectivity index (χ1v) is 7.87. The normalized spacial score (nSPS) is 23.5. The van der Waals surface area contributed by atoms with Crippen LogP contribution >= 0.6 is 0 Å². The van der Waals surface area contributed by atoms with Crippen molar-refractivity contribution < 1.29 is 4.74 Å². The van der Waals surface area contributed by atoms with E-state index in [-0.39, 0.29) is 5.60 Å². The highest BCUT2D eigenvalue weighted by molar-refractivity contribution is 4.82. The minimum atomic E-state index is 0.0766. The van der Waals surface area contributed by atoms with Gasteiger partial charge in [-0.2, -0.15) is 0 Å². The maximum Gasteiger partial charge on any atom is 0.0641 e. The zero-order chi connectivity index (χ0) is 13.4. The summed E-state index contributed by atoms with van der Waals surface area (Å²) in [5.41, 5.74) is 0.0766. The van der Waals surface area contributed by atoms with E-state index in [1.54, 1.807) is 0 Å². The van der Waals surface area contributed by atoms with E-state index in [2.05, 4.69) is 33.0 Å². The standard InChI is InChI=1S/C16H33NO/c1-14(2)9-7-5-6-8-11-17-15-10-12-18-16(3,4)13-15/h14-15,17H,5-13H2,1-4H3. The molecule has 0 saturated carbocycles. The summed E-state index contributed by atoms with van der Waals surface area (Å²) in [7, 11) is 0. The molecule has 1 heterocycles. The number of rotatable bonds is 8. The van der Waals surface area contributed by atoms with E-state index in [1.807, 2.05) is 0 Å². The van der Waals surface area contributed by atoms with Crippen molar-refractivity contribution >= 4 is 0 Å². The fraction of sp³-hybridized carbons (Fsp3) is 1.00. The highest BCUT2D eigenvalue weighted by Crippen LogP contribution is 2.23. The smallest absolute Gasteiger partial charge is 0.0641 e. The van der Waals surface area contributed by atoms with Crippen molar-refractivity contribution in [1.82, 2.24) is 5.32 Å². The Hall–Kier alpha value is -0.0800. The zero-order valence-electron chi connectivity index (χ0n) is 12.9. The topological polar surface area (TPSA) is 21.3 Å². The summed E-state index contributed by atoms with van der Waals surface area (Å²) in [6.45, 7) is 11.1. The molecule has 0 bridgehead atoms. The number of ether oxygens (including phenoxy) is 1. The van der Waals surface area contributed by atoms with Gasteiger partial charge in [0, 0.05) is 12.6 Å². The van der Waals surface area contributed by atoms with Crippen molar-refractivity contribution in [3.63, 3.8) is 0 Å². The van der Waals surface area contributed by atoms with Crippen LogP contribution in [0.1, 0.15) is 72.6 Å². The maximum atomic E-state index is 5.74. The molecule has 18 heavy (non-hydrogen) atoms. The van der Waals surface area contributed by atoms with Crippen molar-refractivity contribution in [2.75, 3.05) is 13.2 Å². The molecule has 1 saturated heterocycles. The van der Waals surface area contributed by atoms with Crippen molar-refractivity contribution in [2.45, 2.75) is 84.3 Å². The number of hydrogen-bond donors (Lipinski definition) is 1. The second-order valence-electron chi connectivity index (χ2n) is 6.85. The summed E-state index contributed by atoms with van der Waals surface area (Å²) >= 11 is 0. The predicted octanol–water partition coefficient (Wildman–Crippen LogP) is 4.14. The van der Waals surface area contributed by atoms with Gasteiger partial charge >= 0.3 is 0 Å². The summed E-state index contributed by atoms with van der Waals surface area (Å²) < 4.78 is 5.74. The van der Waals surface area contributed by atoms with Crippen molar-refractivity contribution in [3.05, 3.63) is 0 Å². The second-order valence-corrected chi connectivity index (χ2v) is 6.85. The average Bonchev–Trinajstić information content (AvgIpc) is 2.26. The lowest BCUT2D eigenvalue weighted by molar-refractivity contribution is -0.0627. The first kappa shape index (κ1) is 16.0. The van der Waals surface area contributed by atoms with Gasteiger partial charge in [-0.3, -0.25) is 0 Å². The molecule has 0 aliphatic carbocycles. The Bertz CT molecular complexity index is 213. The SMILES string of the molecule is CC(C)CCCCCCNC1CCOC(C)(C)C1. The summed E-state index contributed by atoms with van der Waals surface area (Å²) in [4.78, 5) is 0. The highest BCUT2D eigenvalue weighted by Gasteiger charge is 2.28. The van der Waals surface area contributed by atoms with Crippen molar-refractivity contribution in [2.24, 2.45) is 5.92 Å². The predicted molar refractivity (Wildman–Crippen MR) is 79.0 cm³/mol. The summed E-state index contributed by atoms with van der Waals surface area (Å²) in [6.07, 6.45) is 9.24. The number of nitrogens with one attached hydrogen (secondary N) is 1. The lowest BCUT2D eigenvalue weighted by Gasteiger charge is -2.36. The Morgan fingerprint density at radius 3 is 2.56 bits per heavy atom. The first-order valence-electron chi connectivity index (χ1n) is 7.87. The van der Waals surface area contributed by atoms with Crippen LogP contribution in [-0.2, 0) is 4.74 Å². The molecular weight excluding hydrogens is 222 g/mol. The van der Waals surface area contributed by atoms with Crippen LogP contribution < -0.4 is 5.32 Å². The molecule has 0 aromatic carbocycles. The average molecular weight is 255 g/mol. The van der Waals surface area contributed by atoms with E-state index in [1.165, 1.54) is 45.1 Å². The Morgan fingerprint density at radius 1 is 1.17 bits per heavy atom. The minimum absolute atomic E-state index is 0.0766. The van der Waals surface area contributed by atoms with E-state index in [9.17, 15) is 0 Å². The van der Waals surface area contributed by atoms with Gasteiger partial charge in [0.05, 0.1) is 5.60 Å². The molecule has 1 aliphatic rings. The molecule has 1 aliphatic heterocycles. The summed E-state index contributed by atoms with van der Waals surface area (Å²) in [5, 5.41) is 3.70. The Balaban J connectivity index is 1.94. The fourth-order valence-electron chi connectivity index (χ4n) is 2.74. The van der Waals surface area contributed by atoms with Crippen LogP contribution in [0, 0.1) is 5.92 Å². The van der Waals surface area contributed by atoms with Crippen LogP contribution in [0.15, 0.2) is 0 Å². The molecule has 1 unspecified atom stereocenters.